The molecule has 2 aromatic carbocycles. The molecule has 0 saturated carbocycles. The van der Waals surface area contributed by atoms with E-state index in [-0.39, 0.29) is 5.75 Å². The van der Waals surface area contributed by atoms with E-state index in [0.717, 1.165) is 5.56 Å². The van der Waals surface area contributed by atoms with E-state index in [1.54, 1.807) is 36.4 Å². The molecule has 0 bridgehead atoms. The molecule has 0 aliphatic heterocycles. The molecule has 0 radical (unpaired) electrons. The number of carbonyl (C=O) groups excluding carboxylic acids is 1. The molecule has 21 heavy (non-hydrogen) atoms. The molecule has 6 heteroatoms. The highest BCUT2D eigenvalue weighted by atomic mass is 79.9. The second kappa shape index (κ2) is 6.83. The Labute approximate surface area is 135 Å². The molecule has 0 unspecified atom stereocenters. The zero-order chi connectivity index (χ0) is 15.4. The van der Waals surface area contributed by atoms with Crippen molar-refractivity contribution in [1.29, 1.82) is 0 Å². The number of phenolic OH excluding ortho intramolecular Hbond substituents is 1. The van der Waals surface area contributed by atoms with Gasteiger partial charge in [0.1, 0.15) is 5.75 Å². The van der Waals surface area contributed by atoms with Crippen LogP contribution in [-0.2, 0) is 11.3 Å². The molecule has 0 aliphatic carbocycles. The van der Waals surface area contributed by atoms with Crippen LogP contribution < -0.4 is 5.32 Å². The number of aromatic hydroxyl groups is 1. The first kappa shape index (κ1) is 15.7. The second-order valence-electron chi connectivity index (χ2n) is 4.33. The highest BCUT2D eigenvalue weighted by molar-refractivity contribution is 9.10. The molecular weight excluding hydrogens is 358 g/mol. The van der Waals surface area contributed by atoms with Crippen LogP contribution in [0.15, 0.2) is 40.9 Å². The molecule has 0 heterocycles. The maximum atomic E-state index is 11.5. The fourth-order valence-corrected chi connectivity index (χ4v) is 2.37. The van der Waals surface area contributed by atoms with Gasteiger partial charge in [-0.25, -0.2) is 4.79 Å². The van der Waals surface area contributed by atoms with Gasteiger partial charge in [0.2, 0.25) is 0 Å². The molecule has 0 saturated heterocycles. The van der Waals surface area contributed by atoms with Gasteiger partial charge < -0.3 is 15.2 Å². The van der Waals surface area contributed by atoms with Crippen LogP contribution in [-0.4, -0.2) is 18.2 Å². The predicted molar refractivity (Wildman–Crippen MR) is 85.9 cm³/mol. The number of hydrogen-bond donors (Lipinski definition) is 2. The Hall–Kier alpha value is -1.72. The van der Waals surface area contributed by atoms with Gasteiger partial charge in [-0.2, -0.15) is 0 Å². The Morgan fingerprint density at radius 1 is 1.33 bits per heavy atom. The number of nitrogens with one attached hydrogen (secondary N) is 1. The number of phenols is 1. The van der Waals surface area contributed by atoms with Crippen LogP contribution in [0.3, 0.4) is 0 Å². The molecule has 0 aliphatic rings. The van der Waals surface area contributed by atoms with Crippen molar-refractivity contribution in [2.75, 3.05) is 12.4 Å². The van der Waals surface area contributed by atoms with Crippen LogP contribution in [0, 0.1) is 0 Å². The smallest absolute Gasteiger partial charge is 0.337 e. The summed E-state index contributed by atoms with van der Waals surface area (Å²) in [5.41, 5.74) is 2.03. The van der Waals surface area contributed by atoms with Crippen molar-refractivity contribution in [2.24, 2.45) is 0 Å². The number of halogens is 2. The van der Waals surface area contributed by atoms with Crippen molar-refractivity contribution in [2.45, 2.75) is 6.54 Å². The molecule has 0 spiro atoms. The minimum Gasteiger partial charge on any atom is -0.507 e. The highest BCUT2D eigenvalue weighted by Crippen LogP contribution is 2.27. The summed E-state index contributed by atoms with van der Waals surface area (Å²) in [5.74, 6) is -0.230. The molecule has 4 nitrogen and oxygen atoms in total. The lowest BCUT2D eigenvalue weighted by atomic mass is 10.2. The van der Waals surface area contributed by atoms with Gasteiger partial charge in [0.15, 0.2) is 0 Å². The summed E-state index contributed by atoms with van der Waals surface area (Å²) >= 11 is 9.36. The minimum absolute atomic E-state index is 0.185. The standard InChI is InChI=1S/C15H13BrClNO3/c1-21-15(20)10-3-4-12(17)13(7-10)18-8-9-2-5-14(19)11(16)6-9/h2-7,18-19H,8H2,1H3. The molecule has 2 N–H and O–H groups in total. The van der Waals surface area contributed by atoms with E-state index in [0.29, 0.717) is 27.3 Å². The van der Waals surface area contributed by atoms with Crippen molar-refractivity contribution in [3.63, 3.8) is 0 Å². The van der Waals surface area contributed by atoms with Crippen molar-refractivity contribution in [3.05, 3.63) is 57.0 Å². The van der Waals surface area contributed by atoms with Gasteiger partial charge in [0.05, 0.1) is 27.9 Å². The first-order chi connectivity index (χ1) is 10.0. The topological polar surface area (TPSA) is 58.6 Å². The Balaban J connectivity index is 2.15. The summed E-state index contributed by atoms with van der Waals surface area (Å²) in [5, 5.41) is 13.1. The van der Waals surface area contributed by atoms with Crippen LogP contribution in [0.4, 0.5) is 5.69 Å². The Kier molecular flexibility index (Phi) is 5.09. The Bertz CT molecular complexity index is 676. The summed E-state index contributed by atoms with van der Waals surface area (Å²) in [6, 6.07) is 10.1. The van der Waals surface area contributed by atoms with E-state index in [4.69, 9.17) is 11.6 Å². The number of carbonyl (C=O) groups is 1. The fourth-order valence-electron chi connectivity index (χ4n) is 1.76. The Morgan fingerprint density at radius 3 is 2.76 bits per heavy atom. The zero-order valence-electron chi connectivity index (χ0n) is 11.2. The van der Waals surface area contributed by atoms with Gasteiger partial charge in [0, 0.05) is 6.54 Å². The van der Waals surface area contributed by atoms with Crippen LogP contribution in [0.2, 0.25) is 5.02 Å². The van der Waals surface area contributed by atoms with Crippen LogP contribution in [0.5, 0.6) is 5.75 Å². The largest absolute Gasteiger partial charge is 0.507 e. The third-order valence-electron chi connectivity index (χ3n) is 2.88. The predicted octanol–water partition coefficient (Wildman–Crippen LogP) is 4.21. The highest BCUT2D eigenvalue weighted by Gasteiger charge is 2.09. The van der Waals surface area contributed by atoms with Gasteiger partial charge in [0.25, 0.3) is 0 Å². The summed E-state index contributed by atoms with van der Waals surface area (Å²) in [6.45, 7) is 0.503. The minimum atomic E-state index is -0.415. The number of anilines is 1. The monoisotopic (exact) mass is 369 g/mol. The number of ether oxygens (including phenoxy) is 1. The molecule has 0 fully saturated rings. The summed E-state index contributed by atoms with van der Waals surface area (Å²) in [4.78, 5) is 11.5. The van der Waals surface area contributed by atoms with Crippen molar-refractivity contribution in [3.8, 4) is 5.75 Å². The number of methoxy groups -OCH3 is 1. The summed E-state index contributed by atoms with van der Waals surface area (Å²) < 4.78 is 5.30. The van der Waals surface area contributed by atoms with Crippen LogP contribution in [0.1, 0.15) is 15.9 Å². The van der Waals surface area contributed by atoms with Crippen LogP contribution in [0.25, 0.3) is 0 Å². The summed E-state index contributed by atoms with van der Waals surface area (Å²) in [6.07, 6.45) is 0. The first-order valence-corrected chi connectivity index (χ1v) is 7.27. The van der Waals surface area contributed by atoms with E-state index in [1.165, 1.54) is 7.11 Å². The van der Waals surface area contributed by atoms with Crippen molar-refractivity contribution >= 4 is 39.2 Å². The molecule has 2 aromatic rings. The van der Waals surface area contributed by atoms with Crippen molar-refractivity contribution < 1.29 is 14.6 Å². The lowest BCUT2D eigenvalue weighted by molar-refractivity contribution is 0.0601. The molecule has 0 amide bonds. The lowest BCUT2D eigenvalue weighted by Crippen LogP contribution is -2.04. The fraction of sp³-hybridized carbons (Fsp3) is 0.133. The van der Waals surface area contributed by atoms with Gasteiger partial charge in [-0.05, 0) is 51.8 Å². The maximum absolute atomic E-state index is 11.5. The van der Waals surface area contributed by atoms with E-state index < -0.39 is 5.97 Å². The van der Waals surface area contributed by atoms with Gasteiger partial charge in [-0.1, -0.05) is 17.7 Å². The maximum Gasteiger partial charge on any atom is 0.337 e. The molecule has 0 aromatic heterocycles. The Morgan fingerprint density at radius 2 is 2.10 bits per heavy atom. The van der Waals surface area contributed by atoms with Gasteiger partial charge in [-0.3, -0.25) is 0 Å². The summed E-state index contributed by atoms with van der Waals surface area (Å²) in [7, 11) is 1.33. The SMILES string of the molecule is COC(=O)c1ccc(Cl)c(NCc2ccc(O)c(Br)c2)c1. The number of rotatable bonds is 4. The molecular formula is C15H13BrClNO3. The van der Waals surface area contributed by atoms with Gasteiger partial charge >= 0.3 is 5.97 Å². The number of benzene rings is 2. The lowest BCUT2D eigenvalue weighted by Gasteiger charge is -2.10. The average molecular weight is 371 g/mol. The average Bonchev–Trinajstić information content (AvgIpc) is 2.49. The molecule has 0 atom stereocenters. The van der Waals surface area contributed by atoms with Crippen molar-refractivity contribution in [1.82, 2.24) is 0 Å². The third-order valence-corrected chi connectivity index (χ3v) is 3.85. The first-order valence-electron chi connectivity index (χ1n) is 6.10. The van der Waals surface area contributed by atoms with E-state index in [1.807, 2.05) is 0 Å². The number of esters is 1. The molecule has 2 rings (SSSR count). The van der Waals surface area contributed by atoms with Crippen LogP contribution >= 0.6 is 27.5 Å². The molecule has 110 valence electrons. The van der Waals surface area contributed by atoms with E-state index >= 15 is 0 Å². The quantitative estimate of drug-likeness (QED) is 0.792. The zero-order valence-corrected chi connectivity index (χ0v) is 13.5. The third kappa shape index (κ3) is 3.89. The number of hydrogen-bond acceptors (Lipinski definition) is 4. The van der Waals surface area contributed by atoms with E-state index in [2.05, 4.69) is 26.0 Å². The normalized spacial score (nSPS) is 10.2. The second-order valence-corrected chi connectivity index (χ2v) is 5.59. The van der Waals surface area contributed by atoms with Gasteiger partial charge in [-0.15, -0.1) is 0 Å². The van der Waals surface area contributed by atoms with E-state index in [9.17, 15) is 9.90 Å².